The van der Waals surface area contributed by atoms with Gasteiger partial charge in [0.15, 0.2) is 11.6 Å². The average Bonchev–Trinajstić information content (AvgIpc) is 2.80. The highest BCUT2D eigenvalue weighted by molar-refractivity contribution is 7.92. The number of likely N-dealkylation sites (N-methyl/N-ethyl adjacent to an activating group) is 1. The quantitative estimate of drug-likeness (QED) is 0.576. The van der Waals surface area contributed by atoms with E-state index in [4.69, 9.17) is 0 Å². The molecule has 9 heteroatoms. The van der Waals surface area contributed by atoms with Gasteiger partial charge in [0.25, 0.3) is 10.0 Å². The number of ketones is 1. The molecule has 1 fully saturated rings. The smallest absolute Gasteiger partial charge is 0.261 e. The zero-order valence-electron chi connectivity index (χ0n) is 18.0. The Bertz CT molecular complexity index is 1200. The molecule has 1 aromatic heterocycles. The van der Waals surface area contributed by atoms with Crippen molar-refractivity contribution in [2.24, 2.45) is 0 Å². The van der Waals surface area contributed by atoms with Crippen molar-refractivity contribution in [2.75, 3.05) is 42.8 Å². The Labute approximate surface area is 187 Å². The molecule has 2 heterocycles. The molecule has 0 saturated carbocycles. The first-order valence-corrected chi connectivity index (χ1v) is 11.8. The number of carbonyl (C=O) groups excluding carboxylic acids is 1. The predicted octanol–water partition coefficient (Wildman–Crippen LogP) is 2.90. The average molecular weight is 452 g/mol. The van der Waals surface area contributed by atoms with Gasteiger partial charge in [0.1, 0.15) is 0 Å². The molecule has 166 valence electrons. The number of benzene rings is 2. The Morgan fingerprint density at radius 3 is 2.28 bits per heavy atom. The normalized spacial score (nSPS) is 14.9. The minimum atomic E-state index is -3.79. The number of aromatic nitrogens is 2. The first-order valence-electron chi connectivity index (χ1n) is 10.3. The van der Waals surface area contributed by atoms with Gasteiger partial charge in [0.05, 0.1) is 10.6 Å². The van der Waals surface area contributed by atoms with E-state index < -0.39 is 10.0 Å². The molecule has 3 aromatic rings. The molecular weight excluding hydrogens is 426 g/mol. The lowest BCUT2D eigenvalue weighted by Crippen LogP contribution is -2.44. The first kappa shape index (κ1) is 21.9. The highest BCUT2D eigenvalue weighted by Gasteiger charge is 2.17. The third kappa shape index (κ3) is 4.95. The van der Waals surface area contributed by atoms with Gasteiger partial charge in [0, 0.05) is 43.0 Å². The number of carbonyl (C=O) groups is 1. The van der Waals surface area contributed by atoms with Crippen LogP contribution in [0.15, 0.2) is 65.6 Å². The fourth-order valence-corrected chi connectivity index (χ4v) is 4.56. The predicted molar refractivity (Wildman–Crippen MR) is 124 cm³/mol. The van der Waals surface area contributed by atoms with Crippen LogP contribution in [-0.4, -0.2) is 62.5 Å². The molecule has 1 aliphatic rings. The van der Waals surface area contributed by atoms with Crippen molar-refractivity contribution in [3.8, 4) is 11.3 Å². The van der Waals surface area contributed by atoms with E-state index in [-0.39, 0.29) is 10.7 Å². The second kappa shape index (κ2) is 9.05. The van der Waals surface area contributed by atoms with Gasteiger partial charge < -0.3 is 9.80 Å². The molecule has 2 aromatic carbocycles. The van der Waals surface area contributed by atoms with E-state index in [0.29, 0.717) is 16.9 Å². The maximum Gasteiger partial charge on any atom is 0.261 e. The standard InChI is InChI=1S/C23H25N5O3S/c1-17(29)18-6-8-21(9-7-18)32(30,31)26-20-5-3-4-19(16-20)22-10-11-23(25-24-22)28-14-12-27(2)13-15-28/h3-11,16,26H,12-15H2,1-2H3. The van der Waals surface area contributed by atoms with E-state index in [1.807, 2.05) is 18.2 Å². The van der Waals surface area contributed by atoms with Crippen LogP contribution in [-0.2, 0) is 10.0 Å². The summed E-state index contributed by atoms with van der Waals surface area (Å²) in [6.45, 7) is 5.24. The summed E-state index contributed by atoms with van der Waals surface area (Å²) in [5.41, 5.74) is 2.30. The van der Waals surface area contributed by atoms with E-state index >= 15 is 0 Å². The summed E-state index contributed by atoms with van der Waals surface area (Å²) in [6, 6.07) is 16.7. The number of piperazine rings is 1. The van der Waals surface area contributed by atoms with Gasteiger partial charge in [-0.2, -0.15) is 0 Å². The van der Waals surface area contributed by atoms with Crippen LogP contribution in [0.5, 0.6) is 0 Å². The van der Waals surface area contributed by atoms with Gasteiger partial charge in [-0.1, -0.05) is 24.3 Å². The van der Waals surface area contributed by atoms with E-state index in [0.717, 1.165) is 37.6 Å². The van der Waals surface area contributed by atoms with Crippen molar-refractivity contribution in [1.82, 2.24) is 15.1 Å². The molecule has 0 bridgehead atoms. The van der Waals surface area contributed by atoms with E-state index in [1.54, 1.807) is 18.2 Å². The molecule has 4 rings (SSSR count). The van der Waals surface area contributed by atoms with Gasteiger partial charge in [-0.15, -0.1) is 10.2 Å². The van der Waals surface area contributed by atoms with Gasteiger partial charge >= 0.3 is 0 Å². The zero-order chi connectivity index (χ0) is 22.7. The number of nitrogens with zero attached hydrogens (tertiary/aromatic N) is 4. The topological polar surface area (TPSA) is 95.5 Å². The van der Waals surface area contributed by atoms with Crippen molar-refractivity contribution in [2.45, 2.75) is 11.8 Å². The zero-order valence-corrected chi connectivity index (χ0v) is 18.8. The Morgan fingerprint density at radius 2 is 1.66 bits per heavy atom. The first-order chi connectivity index (χ1) is 15.3. The van der Waals surface area contributed by atoms with E-state index in [9.17, 15) is 13.2 Å². The molecule has 1 saturated heterocycles. The molecule has 0 aliphatic carbocycles. The van der Waals surface area contributed by atoms with Crippen LogP contribution in [0.4, 0.5) is 11.5 Å². The molecule has 1 aliphatic heterocycles. The summed E-state index contributed by atoms with van der Waals surface area (Å²) in [5, 5.41) is 8.72. The summed E-state index contributed by atoms with van der Waals surface area (Å²) >= 11 is 0. The molecule has 32 heavy (non-hydrogen) atoms. The molecule has 0 unspecified atom stereocenters. The second-order valence-corrected chi connectivity index (χ2v) is 9.52. The number of sulfonamides is 1. The van der Waals surface area contributed by atoms with Crippen LogP contribution in [0, 0.1) is 0 Å². The molecule has 0 radical (unpaired) electrons. The van der Waals surface area contributed by atoms with E-state index in [2.05, 4.69) is 31.8 Å². The lowest BCUT2D eigenvalue weighted by molar-refractivity contribution is 0.101. The van der Waals surface area contributed by atoms with Crippen LogP contribution in [0.1, 0.15) is 17.3 Å². The van der Waals surface area contributed by atoms with Gasteiger partial charge in [0.2, 0.25) is 0 Å². The van der Waals surface area contributed by atoms with Gasteiger partial charge in [-0.05, 0) is 50.4 Å². The molecule has 1 N–H and O–H groups in total. The Kier molecular flexibility index (Phi) is 6.20. The van der Waals surface area contributed by atoms with Crippen LogP contribution < -0.4 is 9.62 Å². The lowest BCUT2D eigenvalue weighted by Gasteiger charge is -2.32. The SMILES string of the molecule is CC(=O)c1ccc(S(=O)(=O)Nc2cccc(-c3ccc(N4CCN(C)CC4)nn3)c2)cc1. The van der Waals surface area contributed by atoms with Crippen molar-refractivity contribution >= 4 is 27.3 Å². The lowest BCUT2D eigenvalue weighted by atomic mass is 10.1. The largest absolute Gasteiger partial charge is 0.353 e. The minimum absolute atomic E-state index is 0.0872. The number of rotatable bonds is 6. The van der Waals surface area contributed by atoms with Crippen LogP contribution in [0.3, 0.4) is 0 Å². The highest BCUT2D eigenvalue weighted by Crippen LogP contribution is 2.24. The number of hydrogen-bond donors (Lipinski definition) is 1. The molecule has 8 nitrogen and oxygen atoms in total. The van der Waals surface area contributed by atoms with Crippen molar-refractivity contribution < 1.29 is 13.2 Å². The molecular formula is C23H25N5O3S. The molecule has 0 atom stereocenters. The Morgan fingerprint density at radius 1 is 0.938 bits per heavy atom. The molecule has 0 spiro atoms. The maximum atomic E-state index is 12.7. The fraction of sp³-hybridized carbons (Fsp3) is 0.261. The van der Waals surface area contributed by atoms with Gasteiger partial charge in [-0.3, -0.25) is 9.52 Å². The highest BCUT2D eigenvalue weighted by atomic mass is 32.2. The summed E-state index contributed by atoms with van der Waals surface area (Å²) in [4.78, 5) is 16.0. The monoisotopic (exact) mass is 451 g/mol. The number of anilines is 2. The fourth-order valence-electron chi connectivity index (χ4n) is 3.51. The Balaban J connectivity index is 1.50. The van der Waals surface area contributed by atoms with E-state index in [1.165, 1.54) is 31.2 Å². The van der Waals surface area contributed by atoms with Crippen molar-refractivity contribution in [1.29, 1.82) is 0 Å². The van der Waals surface area contributed by atoms with Crippen LogP contribution >= 0.6 is 0 Å². The number of Topliss-reactive ketones (excluding diaryl/α,β-unsaturated/α-hetero) is 1. The van der Waals surface area contributed by atoms with Crippen molar-refractivity contribution in [3.63, 3.8) is 0 Å². The summed E-state index contributed by atoms with van der Waals surface area (Å²) in [6.07, 6.45) is 0. The molecule has 0 amide bonds. The second-order valence-electron chi connectivity index (χ2n) is 7.83. The summed E-state index contributed by atoms with van der Waals surface area (Å²) in [5.74, 6) is 0.724. The third-order valence-corrected chi connectivity index (χ3v) is 6.86. The summed E-state index contributed by atoms with van der Waals surface area (Å²) in [7, 11) is -1.68. The third-order valence-electron chi connectivity index (χ3n) is 5.46. The van der Waals surface area contributed by atoms with Crippen molar-refractivity contribution in [3.05, 3.63) is 66.2 Å². The number of hydrogen-bond acceptors (Lipinski definition) is 7. The minimum Gasteiger partial charge on any atom is -0.353 e. The maximum absolute atomic E-state index is 12.7. The Hall–Kier alpha value is -3.30. The van der Waals surface area contributed by atoms with Gasteiger partial charge in [-0.25, -0.2) is 8.42 Å². The van der Waals surface area contributed by atoms with Crippen LogP contribution in [0.25, 0.3) is 11.3 Å². The number of nitrogens with one attached hydrogen (secondary N) is 1. The van der Waals surface area contributed by atoms with Crippen LogP contribution in [0.2, 0.25) is 0 Å². The summed E-state index contributed by atoms with van der Waals surface area (Å²) < 4.78 is 28.1.